The number of nitrogens with zero attached hydrogens (tertiary/aromatic N) is 3. The molecule has 1 aliphatic heterocycles. The van der Waals surface area contributed by atoms with Gasteiger partial charge in [0, 0.05) is 53.9 Å². The molecule has 1 unspecified atom stereocenters. The molecule has 6 nitrogen and oxygen atoms in total. The number of carbonyl (C=O) groups is 1. The highest BCUT2D eigenvalue weighted by molar-refractivity contribution is 6.03. The predicted octanol–water partition coefficient (Wildman–Crippen LogP) is 3.05. The van der Waals surface area contributed by atoms with E-state index in [1.807, 2.05) is 20.8 Å². The molecule has 2 aromatic heterocycles. The molecule has 2 aliphatic rings. The van der Waals surface area contributed by atoms with Crippen molar-refractivity contribution >= 4 is 11.6 Å². The van der Waals surface area contributed by atoms with Crippen LogP contribution in [-0.4, -0.2) is 40.5 Å². The number of anilines is 1. The van der Waals surface area contributed by atoms with Gasteiger partial charge in [-0.15, -0.1) is 0 Å². The highest BCUT2D eigenvalue weighted by atomic mass is 19.1. The second-order valence-corrected chi connectivity index (χ2v) is 8.80. The van der Waals surface area contributed by atoms with E-state index < -0.39 is 5.82 Å². The minimum absolute atomic E-state index is 0.120. The third-order valence-electron chi connectivity index (χ3n) is 5.99. The standard InChI is InChI=1S/C22H28FN5O/c1-13(15-4-5-15)27-21(29)18-11-26-14(2)19(16-8-17(23)10-25-9-16)20(18)28-7-6-22(3,24)12-28/h8-11,13,15H,4-7,12,24H2,1-3H3,(H,27,29)/t13?,22-/m0/s1. The first kappa shape index (κ1) is 19.8. The van der Waals surface area contributed by atoms with Gasteiger partial charge < -0.3 is 16.0 Å². The van der Waals surface area contributed by atoms with E-state index in [9.17, 15) is 9.18 Å². The summed E-state index contributed by atoms with van der Waals surface area (Å²) < 4.78 is 13.9. The fourth-order valence-electron chi connectivity index (χ4n) is 4.16. The smallest absolute Gasteiger partial charge is 0.255 e. The maximum atomic E-state index is 13.9. The summed E-state index contributed by atoms with van der Waals surface area (Å²) in [5.74, 6) is -0.0231. The second-order valence-electron chi connectivity index (χ2n) is 8.80. The molecule has 1 aliphatic carbocycles. The van der Waals surface area contributed by atoms with Crippen LogP contribution < -0.4 is 16.0 Å². The Balaban J connectivity index is 1.82. The topological polar surface area (TPSA) is 84.1 Å². The van der Waals surface area contributed by atoms with Crippen LogP contribution in [0.5, 0.6) is 0 Å². The number of aromatic nitrogens is 2. The van der Waals surface area contributed by atoms with Crippen LogP contribution in [0.2, 0.25) is 0 Å². The normalized spacial score (nSPS) is 22.6. The lowest BCUT2D eigenvalue weighted by Crippen LogP contribution is -2.40. The Morgan fingerprint density at radius 1 is 1.38 bits per heavy atom. The molecular weight excluding hydrogens is 369 g/mol. The summed E-state index contributed by atoms with van der Waals surface area (Å²) in [5.41, 5.74) is 9.38. The highest BCUT2D eigenvalue weighted by Crippen LogP contribution is 2.39. The van der Waals surface area contributed by atoms with Gasteiger partial charge in [-0.25, -0.2) is 4.39 Å². The van der Waals surface area contributed by atoms with Crippen LogP contribution in [-0.2, 0) is 0 Å². The number of rotatable bonds is 5. The fourth-order valence-corrected chi connectivity index (χ4v) is 4.16. The molecule has 1 amide bonds. The number of amides is 1. The Bertz CT molecular complexity index is 941. The molecule has 4 rings (SSSR count). The summed E-state index contributed by atoms with van der Waals surface area (Å²) in [7, 11) is 0. The van der Waals surface area contributed by atoms with Crippen LogP contribution in [0.4, 0.5) is 10.1 Å². The molecular formula is C22H28FN5O. The van der Waals surface area contributed by atoms with Crippen LogP contribution >= 0.6 is 0 Å². The van der Waals surface area contributed by atoms with E-state index in [1.54, 1.807) is 12.4 Å². The lowest BCUT2D eigenvalue weighted by molar-refractivity contribution is 0.0936. The lowest BCUT2D eigenvalue weighted by atomic mass is 9.99. The summed E-state index contributed by atoms with van der Waals surface area (Å²) >= 11 is 0. The zero-order chi connectivity index (χ0) is 20.8. The summed E-state index contributed by atoms with van der Waals surface area (Å²) in [6.07, 6.45) is 7.53. The number of halogens is 1. The molecule has 0 spiro atoms. The van der Waals surface area contributed by atoms with Gasteiger partial charge in [0.05, 0.1) is 17.4 Å². The van der Waals surface area contributed by atoms with Crippen LogP contribution in [0.25, 0.3) is 11.1 Å². The van der Waals surface area contributed by atoms with Gasteiger partial charge in [-0.2, -0.15) is 0 Å². The average Bonchev–Trinajstić information content (AvgIpc) is 3.44. The molecule has 3 heterocycles. The number of nitrogens with one attached hydrogen (secondary N) is 1. The summed E-state index contributed by atoms with van der Waals surface area (Å²) in [6.45, 7) is 7.27. The zero-order valence-electron chi connectivity index (χ0n) is 17.2. The van der Waals surface area contributed by atoms with Gasteiger partial charge in [0.2, 0.25) is 0 Å². The van der Waals surface area contributed by atoms with Gasteiger partial charge in [-0.3, -0.25) is 14.8 Å². The molecule has 154 valence electrons. The molecule has 0 bridgehead atoms. The minimum Gasteiger partial charge on any atom is -0.368 e. The molecule has 0 radical (unpaired) electrons. The monoisotopic (exact) mass is 397 g/mol. The van der Waals surface area contributed by atoms with Crippen molar-refractivity contribution in [3.8, 4) is 11.1 Å². The van der Waals surface area contributed by atoms with Crippen LogP contribution in [0.3, 0.4) is 0 Å². The molecule has 1 saturated heterocycles. The summed E-state index contributed by atoms with van der Waals surface area (Å²) in [4.78, 5) is 23.8. The summed E-state index contributed by atoms with van der Waals surface area (Å²) in [6, 6.07) is 1.56. The van der Waals surface area contributed by atoms with Crippen molar-refractivity contribution in [3.05, 3.63) is 41.7 Å². The number of hydrogen-bond acceptors (Lipinski definition) is 5. The predicted molar refractivity (Wildman–Crippen MR) is 111 cm³/mol. The van der Waals surface area contributed by atoms with E-state index in [1.165, 1.54) is 12.3 Å². The first-order valence-corrected chi connectivity index (χ1v) is 10.2. The zero-order valence-corrected chi connectivity index (χ0v) is 17.2. The largest absolute Gasteiger partial charge is 0.368 e. The average molecular weight is 397 g/mol. The van der Waals surface area contributed by atoms with Gasteiger partial charge in [0.15, 0.2) is 0 Å². The van der Waals surface area contributed by atoms with Crippen LogP contribution in [0.1, 0.15) is 49.2 Å². The van der Waals surface area contributed by atoms with E-state index in [0.717, 1.165) is 42.8 Å². The molecule has 2 fully saturated rings. The Kier molecular flexibility index (Phi) is 5.02. The Morgan fingerprint density at radius 2 is 2.14 bits per heavy atom. The maximum absolute atomic E-state index is 13.9. The molecule has 2 aromatic rings. The Labute approximate surface area is 170 Å². The highest BCUT2D eigenvalue weighted by Gasteiger charge is 2.35. The maximum Gasteiger partial charge on any atom is 0.255 e. The van der Waals surface area contributed by atoms with Gasteiger partial charge in [-0.1, -0.05) is 0 Å². The molecule has 2 atom stereocenters. The first-order chi connectivity index (χ1) is 13.7. The van der Waals surface area contributed by atoms with Crippen molar-refractivity contribution in [2.45, 2.75) is 51.6 Å². The molecule has 3 N–H and O–H groups in total. The quantitative estimate of drug-likeness (QED) is 0.810. The lowest BCUT2D eigenvalue weighted by Gasteiger charge is -2.27. The minimum atomic E-state index is -0.421. The van der Waals surface area contributed by atoms with E-state index in [2.05, 4.69) is 20.2 Å². The van der Waals surface area contributed by atoms with Gasteiger partial charge in [-0.05, 0) is 52.0 Å². The Morgan fingerprint density at radius 3 is 2.76 bits per heavy atom. The van der Waals surface area contributed by atoms with Gasteiger partial charge in [0.25, 0.3) is 5.91 Å². The molecule has 0 aromatic carbocycles. The number of pyridine rings is 2. The fraction of sp³-hybridized carbons (Fsp3) is 0.500. The van der Waals surface area contributed by atoms with Crippen molar-refractivity contribution in [2.24, 2.45) is 11.7 Å². The van der Waals surface area contributed by atoms with Crippen molar-refractivity contribution in [1.29, 1.82) is 0 Å². The molecule has 7 heteroatoms. The third-order valence-corrected chi connectivity index (χ3v) is 5.99. The van der Waals surface area contributed by atoms with E-state index >= 15 is 0 Å². The van der Waals surface area contributed by atoms with Gasteiger partial charge in [0.1, 0.15) is 5.82 Å². The van der Waals surface area contributed by atoms with Crippen molar-refractivity contribution in [1.82, 2.24) is 15.3 Å². The number of hydrogen-bond donors (Lipinski definition) is 2. The number of nitrogens with two attached hydrogens (primary N) is 1. The molecule has 1 saturated carbocycles. The molecule has 29 heavy (non-hydrogen) atoms. The van der Waals surface area contributed by atoms with Gasteiger partial charge >= 0.3 is 0 Å². The van der Waals surface area contributed by atoms with Crippen LogP contribution in [0, 0.1) is 18.7 Å². The SMILES string of the molecule is Cc1ncc(C(=O)NC(C)C2CC2)c(N2CC[C@](C)(N)C2)c1-c1cncc(F)c1. The first-order valence-electron chi connectivity index (χ1n) is 10.2. The number of aryl methyl sites for hydroxylation is 1. The van der Waals surface area contributed by atoms with Crippen molar-refractivity contribution in [3.63, 3.8) is 0 Å². The third kappa shape index (κ3) is 4.10. The van der Waals surface area contributed by atoms with Crippen LogP contribution in [0.15, 0.2) is 24.7 Å². The number of carbonyl (C=O) groups excluding carboxylic acids is 1. The summed E-state index contributed by atoms with van der Waals surface area (Å²) in [5, 5.41) is 3.13. The Hall–Kier alpha value is -2.54. The van der Waals surface area contributed by atoms with E-state index in [0.29, 0.717) is 23.6 Å². The second kappa shape index (κ2) is 7.37. The van der Waals surface area contributed by atoms with E-state index in [4.69, 9.17) is 5.73 Å². The van der Waals surface area contributed by atoms with Crippen molar-refractivity contribution < 1.29 is 9.18 Å². The van der Waals surface area contributed by atoms with Crippen molar-refractivity contribution in [2.75, 3.05) is 18.0 Å². The van der Waals surface area contributed by atoms with E-state index in [-0.39, 0.29) is 17.5 Å².